The zero-order chi connectivity index (χ0) is 12.2. The van der Waals surface area contributed by atoms with Crippen LogP contribution in [0.1, 0.15) is 11.1 Å². The number of benzene rings is 2. The normalized spacial score (nSPS) is 13.0. The summed E-state index contributed by atoms with van der Waals surface area (Å²) in [5.74, 6) is 0. The predicted molar refractivity (Wildman–Crippen MR) is 75.9 cm³/mol. The van der Waals surface area contributed by atoms with Gasteiger partial charge in [0.1, 0.15) is 0 Å². The standard InChI is InChI=1S/C18H13/c1-3-9-15(10-4-1)18(17-13-7-8-14-17)16-11-5-2-6-12-16/h1-13H. The first kappa shape index (κ1) is 10.8. The molecule has 0 unspecified atom stereocenters. The summed E-state index contributed by atoms with van der Waals surface area (Å²) in [7, 11) is 0. The summed E-state index contributed by atoms with van der Waals surface area (Å²) in [6, 6.07) is 20.9. The van der Waals surface area contributed by atoms with E-state index >= 15 is 0 Å². The van der Waals surface area contributed by atoms with Crippen LogP contribution in [0.2, 0.25) is 0 Å². The number of rotatable bonds is 2. The Hall–Kier alpha value is -2.34. The summed E-state index contributed by atoms with van der Waals surface area (Å²) < 4.78 is 0. The highest BCUT2D eigenvalue weighted by Crippen LogP contribution is 2.29. The van der Waals surface area contributed by atoms with Crippen molar-refractivity contribution in [2.24, 2.45) is 0 Å². The molecule has 0 saturated carbocycles. The number of hydrogen-bond acceptors (Lipinski definition) is 0. The Morgan fingerprint density at radius 1 is 0.722 bits per heavy atom. The van der Waals surface area contributed by atoms with Crippen molar-refractivity contribution in [1.29, 1.82) is 0 Å². The van der Waals surface area contributed by atoms with Gasteiger partial charge in [0.05, 0.1) is 0 Å². The quantitative estimate of drug-likeness (QED) is 0.715. The van der Waals surface area contributed by atoms with Gasteiger partial charge < -0.3 is 0 Å². The third-order valence-electron chi connectivity index (χ3n) is 2.99. The molecule has 0 N–H and O–H groups in total. The molecular weight excluding hydrogens is 216 g/mol. The average Bonchev–Trinajstić information content (AvgIpc) is 2.95. The second-order valence-corrected chi connectivity index (χ2v) is 4.19. The van der Waals surface area contributed by atoms with Gasteiger partial charge in [-0.2, -0.15) is 0 Å². The lowest BCUT2D eigenvalue weighted by atomic mass is 9.93. The molecule has 0 aliphatic heterocycles. The molecule has 1 aliphatic rings. The van der Waals surface area contributed by atoms with Crippen LogP contribution in [-0.2, 0) is 0 Å². The van der Waals surface area contributed by atoms with Crippen molar-refractivity contribution in [3.8, 4) is 0 Å². The van der Waals surface area contributed by atoms with E-state index in [0.29, 0.717) is 0 Å². The second kappa shape index (κ2) is 4.89. The molecule has 2 aromatic carbocycles. The Bertz CT molecular complexity index is 558. The van der Waals surface area contributed by atoms with Gasteiger partial charge in [0, 0.05) is 0 Å². The molecule has 0 spiro atoms. The maximum Gasteiger partial charge on any atom is -0.00326 e. The molecule has 0 heterocycles. The van der Waals surface area contributed by atoms with E-state index in [4.69, 9.17) is 0 Å². The van der Waals surface area contributed by atoms with Crippen molar-refractivity contribution in [2.45, 2.75) is 0 Å². The maximum atomic E-state index is 3.30. The predicted octanol–water partition coefficient (Wildman–Crippen LogP) is 4.42. The van der Waals surface area contributed by atoms with E-state index in [1.807, 2.05) is 24.3 Å². The first-order valence-electron chi connectivity index (χ1n) is 6.07. The summed E-state index contributed by atoms with van der Waals surface area (Å²) in [5.41, 5.74) is 4.84. The molecule has 0 atom stereocenters. The SMILES string of the molecule is [C]1=CC=CC1=C(c1ccccc1)c1ccccc1. The number of allylic oxidation sites excluding steroid dienone is 5. The van der Waals surface area contributed by atoms with Crippen LogP contribution in [0.5, 0.6) is 0 Å². The van der Waals surface area contributed by atoms with Gasteiger partial charge in [-0.05, 0) is 28.3 Å². The van der Waals surface area contributed by atoms with E-state index in [-0.39, 0.29) is 0 Å². The van der Waals surface area contributed by atoms with Crippen LogP contribution in [-0.4, -0.2) is 0 Å². The van der Waals surface area contributed by atoms with Crippen LogP contribution in [0.15, 0.2) is 84.5 Å². The van der Waals surface area contributed by atoms with E-state index in [0.717, 1.165) is 5.57 Å². The van der Waals surface area contributed by atoms with E-state index in [1.165, 1.54) is 16.7 Å². The lowest BCUT2D eigenvalue weighted by molar-refractivity contribution is 1.51. The molecule has 2 aromatic rings. The van der Waals surface area contributed by atoms with Crippen molar-refractivity contribution in [3.63, 3.8) is 0 Å². The minimum atomic E-state index is 1.15. The fourth-order valence-electron chi connectivity index (χ4n) is 2.17. The summed E-state index contributed by atoms with van der Waals surface area (Å²) in [4.78, 5) is 0. The first-order chi connectivity index (χ1) is 8.95. The largest absolute Gasteiger partial charge is 0.0622 e. The van der Waals surface area contributed by atoms with Crippen molar-refractivity contribution in [1.82, 2.24) is 0 Å². The molecule has 1 radical (unpaired) electrons. The summed E-state index contributed by atoms with van der Waals surface area (Å²) in [6.45, 7) is 0. The Morgan fingerprint density at radius 3 is 1.72 bits per heavy atom. The van der Waals surface area contributed by atoms with E-state index < -0.39 is 0 Å². The van der Waals surface area contributed by atoms with Gasteiger partial charge in [-0.15, -0.1) is 0 Å². The van der Waals surface area contributed by atoms with Crippen LogP contribution in [0, 0.1) is 6.08 Å². The molecule has 0 saturated heterocycles. The molecule has 0 amide bonds. The average molecular weight is 229 g/mol. The topological polar surface area (TPSA) is 0 Å². The van der Waals surface area contributed by atoms with Gasteiger partial charge in [-0.25, -0.2) is 0 Å². The highest BCUT2D eigenvalue weighted by molar-refractivity contribution is 5.85. The lowest BCUT2D eigenvalue weighted by Crippen LogP contribution is -1.90. The molecule has 85 valence electrons. The zero-order valence-corrected chi connectivity index (χ0v) is 10.0. The van der Waals surface area contributed by atoms with Crippen LogP contribution in [0.3, 0.4) is 0 Å². The van der Waals surface area contributed by atoms with Crippen LogP contribution in [0.4, 0.5) is 0 Å². The van der Waals surface area contributed by atoms with Crippen molar-refractivity contribution < 1.29 is 0 Å². The summed E-state index contributed by atoms with van der Waals surface area (Å²) >= 11 is 0. The van der Waals surface area contributed by atoms with Gasteiger partial charge in [0.25, 0.3) is 0 Å². The van der Waals surface area contributed by atoms with Crippen molar-refractivity contribution in [2.75, 3.05) is 0 Å². The molecule has 0 bridgehead atoms. The Balaban J connectivity index is 2.21. The van der Waals surface area contributed by atoms with Gasteiger partial charge in [0.2, 0.25) is 0 Å². The first-order valence-corrected chi connectivity index (χ1v) is 6.07. The molecule has 0 fully saturated rings. The number of hydrogen-bond donors (Lipinski definition) is 0. The summed E-state index contributed by atoms with van der Waals surface area (Å²) in [5, 5.41) is 0. The fraction of sp³-hybridized carbons (Fsp3) is 0. The van der Waals surface area contributed by atoms with E-state index in [2.05, 4.69) is 60.7 Å². The molecule has 0 nitrogen and oxygen atoms in total. The van der Waals surface area contributed by atoms with Gasteiger partial charge in [-0.3, -0.25) is 0 Å². The van der Waals surface area contributed by atoms with Crippen molar-refractivity contribution in [3.05, 3.63) is 102 Å². The van der Waals surface area contributed by atoms with Gasteiger partial charge in [0.15, 0.2) is 0 Å². The van der Waals surface area contributed by atoms with Crippen LogP contribution >= 0.6 is 0 Å². The fourth-order valence-corrected chi connectivity index (χ4v) is 2.17. The van der Waals surface area contributed by atoms with E-state index in [9.17, 15) is 0 Å². The van der Waals surface area contributed by atoms with E-state index in [1.54, 1.807) is 0 Å². The smallest absolute Gasteiger partial charge is 0.00326 e. The highest BCUT2D eigenvalue weighted by atomic mass is 14.1. The Kier molecular flexibility index (Phi) is 2.93. The van der Waals surface area contributed by atoms with Crippen molar-refractivity contribution >= 4 is 5.57 Å². The minimum Gasteiger partial charge on any atom is -0.0622 e. The third-order valence-corrected chi connectivity index (χ3v) is 2.99. The Morgan fingerprint density at radius 2 is 1.28 bits per heavy atom. The minimum absolute atomic E-state index is 1.15. The molecule has 0 heteroatoms. The second-order valence-electron chi connectivity index (χ2n) is 4.19. The monoisotopic (exact) mass is 229 g/mol. The molecule has 18 heavy (non-hydrogen) atoms. The summed E-state index contributed by atoms with van der Waals surface area (Å²) in [6.07, 6.45) is 9.39. The lowest BCUT2D eigenvalue weighted by Gasteiger charge is -2.10. The molecule has 0 aromatic heterocycles. The zero-order valence-electron chi connectivity index (χ0n) is 10.0. The molecule has 1 aliphatic carbocycles. The Labute approximate surface area is 108 Å². The molecule has 3 rings (SSSR count). The maximum absolute atomic E-state index is 3.30. The van der Waals surface area contributed by atoms with Gasteiger partial charge in [-0.1, -0.05) is 78.9 Å². The third kappa shape index (κ3) is 2.05. The van der Waals surface area contributed by atoms with Crippen LogP contribution in [0.25, 0.3) is 5.57 Å². The van der Waals surface area contributed by atoms with Gasteiger partial charge >= 0.3 is 0 Å². The van der Waals surface area contributed by atoms with Crippen LogP contribution < -0.4 is 0 Å². The highest BCUT2D eigenvalue weighted by Gasteiger charge is 2.09. The molecular formula is C18H13.